The first-order valence-corrected chi connectivity index (χ1v) is 6.43. The Balaban J connectivity index is 2.07. The van der Waals surface area contributed by atoms with Crippen LogP contribution in [0.15, 0.2) is 42.6 Å². The zero-order valence-electron chi connectivity index (χ0n) is 11.3. The predicted molar refractivity (Wildman–Crippen MR) is 77.2 cm³/mol. The number of aromatic nitrogens is 1. The van der Waals surface area contributed by atoms with Gasteiger partial charge in [0.05, 0.1) is 0 Å². The van der Waals surface area contributed by atoms with E-state index in [2.05, 4.69) is 17.6 Å². The van der Waals surface area contributed by atoms with E-state index in [9.17, 15) is 4.79 Å². The van der Waals surface area contributed by atoms with Gasteiger partial charge in [0.15, 0.2) is 0 Å². The van der Waals surface area contributed by atoms with E-state index in [0.29, 0.717) is 5.69 Å². The Bertz CT molecular complexity index is 560. The summed E-state index contributed by atoms with van der Waals surface area (Å²) in [5.41, 5.74) is 2.63. The number of hydrogen-bond donors (Lipinski definition) is 2. The number of amides is 1. The maximum atomic E-state index is 12.1. The summed E-state index contributed by atoms with van der Waals surface area (Å²) in [7, 11) is 1.86. The quantitative estimate of drug-likeness (QED) is 0.864. The van der Waals surface area contributed by atoms with Gasteiger partial charge in [-0.25, -0.2) is 0 Å². The molecule has 0 saturated carbocycles. The van der Waals surface area contributed by atoms with E-state index < -0.39 is 0 Å². The summed E-state index contributed by atoms with van der Waals surface area (Å²) in [6, 6.07) is 11.5. The highest BCUT2D eigenvalue weighted by atomic mass is 16.1. The highest BCUT2D eigenvalue weighted by Crippen LogP contribution is 2.12. The Morgan fingerprint density at radius 2 is 2.11 bits per heavy atom. The van der Waals surface area contributed by atoms with Crippen LogP contribution in [0.4, 0.5) is 5.69 Å². The summed E-state index contributed by atoms with van der Waals surface area (Å²) in [5.74, 6) is -0.0897. The van der Waals surface area contributed by atoms with Crippen molar-refractivity contribution in [1.29, 1.82) is 0 Å². The van der Waals surface area contributed by atoms with E-state index in [0.717, 1.165) is 24.3 Å². The third-order valence-electron chi connectivity index (χ3n) is 2.94. The molecule has 0 bridgehead atoms. The first-order valence-electron chi connectivity index (χ1n) is 6.43. The molecule has 19 heavy (non-hydrogen) atoms. The largest absolute Gasteiger partial charge is 0.347 e. The number of aryl methyl sites for hydroxylation is 1. The maximum absolute atomic E-state index is 12.1. The van der Waals surface area contributed by atoms with Crippen molar-refractivity contribution in [2.45, 2.75) is 13.5 Å². The number of carbonyl (C=O) groups is 1. The highest BCUT2D eigenvalue weighted by molar-refractivity contribution is 6.03. The fraction of sp³-hybridized carbons (Fsp3) is 0.267. The molecule has 1 amide bonds. The summed E-state index contributed by atoms with van der Waals surface area (Å²) >= 11 is 0. The smallest absolute Gasteiger partial charge is 0.272 e. The molecule has 4 heteroatoms. The van der Waals surface area contributed by atoms with Crippen LogP contribution in [-0.4, -0.2) is 17.0 Å². The summed E-state index contributed by atoms with van der Waals surface area (Å²) < 4.78 is 1.80. The predicted octanol–water partition coefficient (Wildman–Crippen LogP) is 2.39. The Kier molecular flexibility index (Phi) is 4.36. The molecule has 0 fully saturated rings. The van der Waals surface area contributed by atoms with E-state index in [1.54, 1.807) is 10.6 Å². The SMILES string of the molecule is CCNCc1cccc(NC(=O)c2cccn2C)c1. The Hall–Kier alpha value is -2.07. The lowest BCUT2D eigenvalue weighted by atomic mass is 10.2. The van der Waals surface area contributed by atoms with Crippen molar-refractivity contribution in [3.63, 3.8) is 0 Å². The van der Waals surface area contributed by atoms with Gasteiger partial charge in [0.2, 0.25) is 0 Å². The number of hydrogen-bond acceptors (Lipinski definition) is 2. The molecular formula is C15H19N3O. The number of anilines is 1. The minimum atomic E-state index is -0.0897. The molecule has 0 spiro atoms. The van der Waals surface area contributed by atoms with Gasteiger partial charge in [-0.3, -0.25) is 4.79 Å². The van der Waals surface area contributed by atoms with Crippen molar-refractivity contribution in [2.24, 2.45) is 7.05 Å². The normalized spacial score (nSPS) is 10.4. The van der Waals surface area contributed by atoms with Crippen LogP contribution >= 0.6 is 0 Å². The lowest BCUT2D eigenvalue weighted by Gasteiger charge is -2.08. The van der Waals surface area contributed by atoms with Crippen LogP contribution in [0.3, 0.4) is 0 Å². The molecule has 0 radical (unpaired) electrons. The van der Waals surface area contributed by atoms with Gasteiger partial charge in [-0.05, 0) is 36.4 Å². The lowest BCUT2D eigenvalue weighted by molar-refractivity contribution is 0.101. The second-order valence-corrected chi connectivity index (χ2v) is 4.44. The first-order chi connectivity index (χ1) is 9.20. The number of nitrogens with one attached hydrogen (secondary N) is 2. The Morgan fingerprint density at radius 3 is 2.79 bits per heavy atom. The topological polar surface area (TPSA) is 46.1 Å². The van der Waals surface area contributed by atoms with E-state index >= 15 is 0 Å². The van der Waals surface area contributed by atoms with Gasteiger partial charge < -0.3 is 15.2 Å². The molecular weight excluding hydrogens is 238 g/mol. The zero-order valence-corrected chi connectivity index (χ0v) is 11.3. The van der Waals surface area contributed by atoms with Crippen molar-refractivity contribution in [3.05, 3.63) is 53.9 Å². The molecule has 0 aliphatic carbocycles. The van der Waals surface area contributed by atoms with Gasteiger partial charge in [0.1, 0.15) is 5.69 Å². The molecule has 0 saturated heterocycles. The minimum Gasteiger partial charge on any atom is -0.347 e. The molecule has 2 rings (SSSR count). The van der Waals surface area contributed by atoms with Crippen molar-refractivity contribution < 1.29 is 4.79 Å². The monoisotopic (exact) mass is 257 g/mol. The zero-order chi connectivity index (χ0) is 13.7. The molecule has 1 aromatic carbocycles. The van der Waals surface area contributed by atoms with Crippen LogP contribution in [0.25, 0.3) is 0 Å². The molecule has 0 aliphatic rings. The fourth-order valence-corrected chi connectivity index (χ4v) is 1.92. The third-order valence-corrected chi connectivity index (χ3v) is 2.94. The van der Waals surface area contributed by atoms with Crippen LogP contribution < -0.4 is 10.6 Å². The van der Waals surface area contributed by atoms with Crippen molar-refractivity contribution in [1.82, 2.24) is 9.88 Å². The molecule has 0 unspecified atom stereocenters. The Labute approximate surface area is 113 Å². The summed E-state index contributed by atoms with van der Waals surface area (Å²) in [4.78, 5) is 12.1. The minimum absolute atomic E-state index is 0.0897. The molecule has 0 atom stereocenters. The average molecular weight is 257 g/mol. The van der Waals surface area contributed by atoms with Crippen LogP contribution in [0.5, 0.6) is 0 Å². The van der Waals surface area contributed by atoms with Crippen molar-refractivity contribution in [3.8, 4) is 0 Å². The molecule has 0 aliphatic heterocycles. The molecule has 2 N–H and O–H groups in total. The second kappa shape index (κ2) is 6.20. The number of benzene rings is 1. The van der Waals surface area contributed by atoms with Crippen LogP contribution in [0, 0.1) is 0 Å². The Morgan fingerprint density at radius 1 is 1.26 bits per heavy atom. The number of carbonyl (C=O) groups excluding carboxylic acids is 1. The van der Waals surface area contributed by atoms with Crippen molar-refractivity contribution >= 4 is 11.6 Å². The third kappa shape index (κ3) is 3.45. The van der Waals surface area contributed by atoms with Gasteiger partial charge in [0, 0.05) is 25.5 Å². The maximum Gasteiger partial charge on any atom is 0.272 e. The second-order valence-electron chi connectivity index (χ2n) is 4.44. The van der Waals surface area contributed by atoms with Gasteiger partial charge in [-0.15, -0.1) is 0 Å². The van der Waals surface area contributed by atoms with Crippen molar-refractivity contribution in [2.75, 3.05) is 11.9 Å². The standard InChI is InChI=1S/C15H19N3O/c1-3-16-11-12-6-4-7-13(10-12)17-15(19)14-8-5-9-18(14)2/h4-10,16H,3,11H2,1-2H3,(H,17,19). The van der Waals surface area contributed by atoms with Crippen LogP contribution in [0.1, 0.15) is 23.0 Å². The molecule has 4 nitrogen and oxygen atoms in total. The first kappa shape index (κ1) is 13.4. The van der Waals surface area contributed by atoms with Gasteiger partial charge in [-0.2, -0.15) is 0 Å². The lowest BCUT2D eigenvalue weighted by Crippen LogP contribution is -2.16. The molecule has 1 heterocycles. The number of rotatable bonds is 5. The van der Waals surface area contributed by atoms with Gasteiger partial charge in [0.25, 0.3) is 5.91 Å². The summed E-state index contributed by atoms with van der Waals surface area (Å²) in [6.07, 6.45) is 1.86. The summed E-state index contributed by atoms with van der Waals surface area (Å²) in [6.45, 7) is 3.81. The van der Waals surface area contributed by atoms with E-state index in [1.165, 1.54) is 0 Å². The average Bonchev–Trinajstić information content (AvgIpc) is 2.83. The van der Waals surface area contributed by atoms with Gasteiger partial charge in [-0.1, -0.05) is 19.1 Å². The van der Waals surface area contributed by atoms with Crippen LogP contribution in [0.2, 0.25) is 0 Å². The highest BCUT2D eigenvalue weighted by Gasteiger charge is 2.08. The number of nitrogens with zero attached hydrogens (tertiary/aromatic N) is 1. The van der Waals surface area contributed by atoms with E-state index in [4.69, 9.17) is 0 Å². The molecule has 100 valence electrons. The van der Waals surface area contributed by atoms with Crippen LogP contribution in [-0.2, 0) is 13.6 Å². The summed E-state index contributed by atoms with van der Waals surface area (Å²) in [5, 5.41) is 6.18. The molecule has 1 aromatic heterocycles. The fourth-order valence-electron chi connectivity index (χ4n) is 1.92. The van der Waals surface area contributed by atoms with Gasteiger partial charge >= 0.3 is 0 Å². The molecule has 2 aromatic rings. The van der Waals surface area contributed by atoms with E-state index in [1.807, 2.05) is 43.6 Å². The van der Waals surface area contributed by atoms with E-state index in [-0.39, 0.29) is 5.91 Å².